The smallest absolute Gasteiger partial charge is 0.364 e. The standard InChI is InChI=1S/C18H27N5O12/c1-6(25)21-10-7(26)2-18(33,17(31)32)35-13(10)8(27)3-19-15(30)14-20-5-23(22-14)16-12(29)11(28)9(4-24)34-16/h5,7-13,16,24,26-29,33H,2-4H2,1H3,(H,19,30)(H,21,25)(H,31,32). The maximum atomic E-state index is 12.4. The number of aliphatic carboxylic acids is 1. The van der Waals surface area contributed by atoms with Gasteiger partial charge >= 0.3 is 5.97 Å². The van der Waals surface area contributed by atoms with Crippen molar-refractivity contribution in [1.29, 1.82) is 0 Å². The van der Waals surface area contributed by atoms with Crippen LogP contribution in [0.4, 0.5) is 0 Å². The molecule has 0 aliphatic carbocycles. The zero-order valence-corrected chi connectivity index (χ0v) is 18.3. The largest absolute Gasteiger partial charge is 0.477 e. The molecule has 2 amide bonds. The van der Waals surface area contributed by atoms with E-state index in [9.17, 15) is 45.0 Å². The molecule has 0 spiro atoms. The van der Waals surface area contributed by atoms with Crippen LogP contribution >= 0.6 is 0 Å². The first-order valence-corrected chi connectivity index (χ1v) is 10.5. The van der Waals surface area contributed by atoms with E-state index in [-0.39, 0.29) is 0 Å². The van der Waals surface area contributed by atoms with Gasteiger partial charge in [0.15, 0.2) is 6.23 Å². The Morgan fingerprint density at radius 1 is 1.29 bits per heavy atom. The van der Waals surface area contributed by atoms with Gasteiger partial charge in [-0.2, -0.15) is 0 Å². The first-order chi connectivity index (χ1) is 16.4. The van der Waals surface area contributed by atoms with Crippen molar-refractivity contribution >= 4 is 17.8 Å². The van der Waals surface area contributed by atoms with Crippen molar-refractivity contribution in [3.63, 3.8) is 0 Å². The number of ether oxygens (including phenoxy) is 2. The number of hydrogen-bond donors (Lipinski definition) is 9. The number of aromatic nitrogens is 3. The van der Waals surface area contributed by atoms with Crippen LogP contribution < -0.4 is 10.6 Å². The molecule has 2 aliphatic heterocycles. The van der Waals surface area contributed by atoms with E-state index in [1.165, 1.54) is 0 Å². The molecular weight excluding hydrogens is 478 g/mol. The van der Waals surface area contributed by atoms with Crippen LogP contribution in [0.2, 0.25) is 0 Å². The monoisotopic (exact) mass is 505 g/mol. The van der Waals surface area contributed by atoms with Crippen LogP contribution in [0.5, 0.6) is 0 Å². The van der Waals surface area contributed by atoms with Crippen LogP contribution in [0.1, 0.15) is 30.2 Å². The van der Waals surface area contributed by atoms with Crippen LogP contribution in [0.15, 0.2) is 6.33 Å². The summed E-state index contributed by atoms with van der Waals surface area (Å²) < 4.78 is 11.3. The normalized spacial score (nSPS) is 35.9. The van der Waals surface area contributed by atoms with Crippen molar-refractivity contribution in [2.75, 3.05) is 13.2 Å². The Morgan fingerprint density at radius 3 is 2.54 bits per heavy atom. The highest BCUT2D eigenvalue weighted by Gasteiger charge is 2.53. The highest BCUT2D eigenvalue weighted by atomic mass is 16.7. The van der Waals surface area contributed by atoms with Crippen molar-refractivity contribution in [3.05, 3.63) is 12.2 Å². The molecule has 9 atom stereocenters. The van der Waals surface area contributed by atoms with Crippen molar-refractivity contribution in [1.82, 2.24) is 25.4 Å². The Balaban J connectivity index is 1.66. The average Bonchev–Trinajstić information content (AvgIpc) is 3.38. The predicted molar refractivity (Wildman–Crippen MR) is 107 cm³/mol. The summed E-state index contributed by atoms with van der Waals surface area (Å²) in [5.74, 6) is -6.64. The van der Waals surface area contributed by atoms with Gasteiger partial charge in [-0.15, -0.1) is 5.10 Å². The molecule has 0 bridgehead atoms. The second-order valence-electron chi connectivity index (χ2n) is 8.22. The molecule has 3 rings (SSSR count). The van der Waals surface area contributed by atoms with Gasteiger partial charge in [0, 0.05) is 19.9 Å². The third-order valence-corrected chi connectivity index (χ3v) is 5.63. The molecule has 17 nitrogen and oxygen atoms in total. The molecule has 196 valence electrons. The number of aliphatic hydroxyl groups excluding tert-OH is 5. The fraction of sp³-hybridized carbons (Fsp3) is 0.722. The third-order valence-electron chi connectivity index (χ3n) is 5.63. The van der Waals surface area contributed by atoms with Gasteiger partial charge in [0.2, 0.25) is 11.7 Å². The van der Waals surface area contributed by atoms with Gasteiger partial charge in [0.05, 0.1) is 24.9 Å². The van der Waals surface area contributed by atoms with E-state index >= 15 is 0 Å². The van der Waals surface area contributed by atoms with Crippen LogP contribution in [-0.4, -0.2) is 130 Å². The topological polar surface area (TPSA) is 266 Å². The van der Waals surface area contributed by atoms with Gasteiger partial charge in [-0.05, 0) is 0 Å². The summed E-state index contributed by atoms with van der Waals surface area (Å²) in [6, 6.07) is -1.30. The minimum Gasteiger partial charge on any atom is -0.477 e. The lowest BCUT2D eigenvalue weighted by Gasteiger charge is -2.44. The van der Waals surface area contributed by atoms with Crippen molar-refractivity contribution < 1.29 is 59.6 Å². The third kappa shape index (κ3) is 5.57. The maximum absolute atomic E-state index is 12.4. The highest BCUT2D eigenvalue weighted by Crippen LogP contribution is 2.30. The van der Waals surface area contributed by atoms with E-state index in [1.807, 2.05) is 0 Å². The van der Waals surface area contributed by atoms with Gasteiger partial charge in [-0.1, -0.05) is 0 Å². The molecular formula is C18H27N5O12. The van der Waals surface area contributed by atoms with Gasteiger partial charge in [0.25, 0.3) is 11.7 Å². The number of carbonyl (C=O) groups excluding carboxylic acids is 2. The number of nitrogens with one attached hydrogen (secondary N) is 2. The van der Waals surface area contributed by atoms with Crippen LogP contribution in [-0.2, 0) is 19.1 Å². The Morgan fingerprint density at radius 2 is 1.97 bits per heavy atom. The Hall–Kier alpha value is -2.77. The van der Waals surface area contributed by atoms with E-state index < -0.39 is 97.9 Å². The first-order valence-electron chi connectivity index (χ1n) is 10.5. The Labute approximate surface area is 196 Å². The number of hydrogen-bond acceptors (Lipinski definition) is 13. The van der Waals surface area contributed by atoms with E-state index in [2.05, 4.69) is 20.7 Å². The lowest BCUT2D eigenvalue weighted by Crippen LogP contribution is -2.66. The zero-order chi connectivity index (χ0) is 26.1. The van der Waals surface area contributed by atoms with Crippen LogP contribution in [0.25, 0.3) is 0 Å². The summed E-state index contributed by atoms with van der Waals surface area (Å²) in [6.45, 7) is -0.0435. The number of carboxylic acids is 1. The summed E-state index contributed by atoms with van der Waals surface area (Å²) >= 11 is 0. The van der Waals surface area contributed by atoms with Gasteiger partial charge in [0.1, 0.15) is 30.7 Å². The summed E-state index contributed by atoms with van der Waals surface area (Å²) in [5.41, 5.74) is 0. The van der Waals surface area contributed by atoms with Crippen LogP contribution in [0.3, 0.4) is 0 Å². The second-order valence-corrected chi connectivity index (χ2v) is 8.22. The molecule has 2 fully saturated rings. The number of rotatable bonds is 8. The molecule has 2 saturated heterocycles. The Kier molecular flexibility index (Phi) is 8.02. The second kappa shape index (κ2) is 10.5. The number of aliphatic hydroxyl groups is 6. The molecule has 2 aliphatic rings. The highest BCUT2D eigenvalue weighted by molar-refractivity contribution is 5.90. The molecule has 3 heterocycles. The number of amides is 2. The number of carboxylic acid groups (broad SMARTS) is 1. The van der Waals surface area contributed by atoms with Crippen LogP contribution in [0, 0.1) is 0 Å². The minimum atomic E-state index is -2.84. The SMILES string of the molecule is CC(=O)NC1C(O)CC(O)(C(=O)O)OC1C(O)CNC(=O)c1ncn(C2OC(CO)C(O)C2O)n1. The quantitative estimate of drug-likeness (QED) is 0.159. The fourth-order valence-corrected chi connectivity index (χ4v) is 3.84. The lowest BCUT2D eigenvalue weighted by molar-refractivity contribution is -0.288. The van der Waals surface area contributed by atoms with Crippen molar-refractivity contribution in [3.8, 4) is 0 Å². The van der Waals surface area contributed by atoms with Gasteiger partial charge < -0.3 is 55.9 Å². The van der Waals surface area contributed by atoms with E-state index in [0.717, 1.165) is 17.9 Å². The molecule has 9 N–H and O–H groups in total. The number of nitrogens with zero attached hydrogens (tertiary/aromatic N) is 3. The Bertz CT molecular complexity index is 945. The van der Waals surface area contributed by atoms with Crippen molar-refractivity contribution in [2.45, 2.75) is 68.0 Å². The van der Waals surface area contributed by atoms with Gasteiger partial charge in [-0.25, -0.2) is 14.5 Å². The van der Waals surface area contributed by atoms with E-state index in [0.29, 0.717) is 0 Å². The molecule has 35 heavy (non-hydrogen) atoms. The van der Waals surface area contributed by atoms with E-state index in [1.54, 1.807) is 0 Å². The maximum Gasteiger partial charge on any atom is 0.364 e. The predicted octanol–water partition coefficient (Wildman–Crippen LogP) is -5.59. The molecule has 1 aromatic heterocycles. The summed E-state index contributed by atoms with van der Waals surface area (Å²) in [6.07, 6.45) is -9.85. The minimum absolute atomic E-state index is 0.431. The first kappa shape index (κ1) is 26.8. The lowest BCUT2D eigenvalue weighted by atomic mass is 9.90. The molecule has 0 aromatic carbocycles. The average molecular weight is 505 g/mol. The zero-order valence-electron chi connectivity index (χ0n) is 18.3. The molecule has 1 aromatic rings. The van der Waals surface area contributed by atoms with E-state index in [4.69, 9.17) is 14.6 Å². The summed E-state index contributed by atoms with van der Waals surface area (Å²) in [7, 11) is 0. The molecule has 9 unspecified atom stereocenters. The van der Waals surface area contributed by atoms with Crippen molar-refractivity contribution in [2.24, 2.45) is 0 Å². The fourth-order valence-electron chi connectivity index (χ4n) is 3.84. The summed E-state index contributed by atoms with van der Waals surface area (Å²) in [4.78, 5) is 39.0. The summed E-state index contributed by atoms with van der Waals surface area (Å²) in [5, 5.41) is 77.6. The molecule has 17 heteroatoms. The molecule has 0 radical (unpaired) electrons. The van der Waals surface area contributed by atoms with Gasteiger partial charge in [-0.3, -0.25) is 9.59 Å². The molecule has 0 saturated carbocycles. The number of carbonyl (C=O) groups is 3.